The molecular weight excluding hydrogens is 363 g/mol. The Bertz CT molecular complexity index is 1080. The van der Waals surface area contributed by atoms with Crippen LogP contribution in [0.5, 0.6) is 0 Å². The first-order chi connectivity index (χ1) is 13.4. The highest BCUT2D eigenvalue weighted by atomic mass is 19.1. The molecule has 28 heavy (non-hydrogen) atoms. The summed E-state index contributed by atoms with van der Waals surface area (Å²) in [5, 5.41) is 15.2. The van der Waals surface area contributed by atoms with Gasteiger partial charge in [-0.1, -0.05) is 6.07 Å². The Balaban J connectivity index is 1.43. The lowest BCUT2D eigenvalue weighted by atomic mass is 10.1. The van der Waals surface area contributed by atoms with Gasteiger partial charge in [-0.05, 0) is 43.7 Å². The van der Waals surface area contributed by atoms with Gasteiger partial charge in [-0.3, -0.25) is 9.59 Å². The summed E-state index contributed by atoms with van der Waals surface area (Å²) in [6.07, 6.45) is 0.0826. The van der Waals surface area contributed by atoms with Crippen molar-refractivity contribution < 1.29 is 14.0 Å². The highest BCUT2D eigenvalue weighted by Crippen LogP contribution is 2.26. The Morgan fingerprint density at radius 2 is 2.07 bits per heavy atom. The Morgan fingerprint density at radius 3 is 2.86 bits per heavy atom. The molecule has 1 aromatic carbocycles. The summed E-state index contributed by atoms with van der Waals surface area (Å²) < 4.78 is 15.4. The highest BCUT2D eigenvalue weighted by molar-refractivity contribution is 6.00. The van der Waals surface area contributed by atoms with Gasteiger partial charge in [-0.2, -0.15) is 9.61 Å². The Labute approximate surface area is 160 Å². The number of halogens is 1. The van der Waals surface area contributed by atoms with Gasteiger partial charge in [0.05, 0.1) is 18.2 Å². The van der Waals surface area contributed by atoms with Crippen molar-refractivity contribution in [2.75, 3.05) is 11.4 Å². The van der Waals surface area contributed by atoms with Gasteiger partial charge in [0.1, 0.15) is 5.82 Å². The molecule has 1 unspecified atom stereocenters. The van der Waals surface area contributed by atoms with E-state index < -0.39 is 5.92 Å². The van der Waals surface area contributed by atoms with E-state index in [9.17, 15) is 14.0 Å². The molecule has 1 atom stereocenters. The van der Waals surface area contributed by atoms with Crippen molar-refractivity contribution in [2.45, 2.75) is 26.8 Å². The molecule has 0 saturated carbocycles. The van der Waals surface area contributed by atoms with Gasteiger partial charge in [0.15, 0.2) is 11.5 Å². The number of hydrogen-bond donors (Lipinski definition) is 1. The predicted octanol–water partition coefficient (Wildman–Crippen LogP) is 1.55. The third kappa shape index (κ3) is 3.30. The standard InChI is InChI=1S/C19H19FN6O2/c1-11-3-5-14(8-15(11)20)25-10-13(7-18(25)27)19(28)21-9-17-23-22-16-6-4-12(2)24-26(16)17/h3-6,8,13H,7,9-10H2,1-2H3,(H,21,28). The van der Waals surface area contributed by atoms with Gasteiger partial charge in [-0.25, -0.2) is 4.39 Å². The number of carbonyl (C=O) groups is 2. The number of fused-ring (bicyclic) bond motifs is 1. The molecule has 1 N–H and O–H groups in total. The monoisotopic (exact) mass is 382 g/mol. The van der Waals surface area contributed by atoms with Crippen LogP contribution >= 0.6 is 0 Å². The number of aromatic nitrogens is 4. The first kappa shape index (κ1) is 18.0. The molecular formula is C19H19FN6O2. The Morgan fingerprint density at radius 1 is 1.25 bits per heavy atom. The average molecular weight is 382 g/mol. The van der Waals surface area contributed by atoms with Crippen LogP contribution in [0.4, 0.5) is 10.1 Å². The van der Waals surface area contributed by atoms with E-state index >= 15 is 0 Å². The summed E-state index contributed by atoms with van der Waals surface area (Å²) in [5.74, 6) is -0.833. The Hall–Kier alpha value is -3.36. The number of anilines is 1. The second-order valence-corrected chi connectivity index (χ2v) is 6.92. The van der Waals surface area contributed by atoms with Gasteiger partial charge in [0.25, 0.3) is 0 Å². The fraction of sp³-hybridized carbons (Fsp3) is 0.316. The van der Waals surface area contributed by atoms with E-state index in [0.717, 1.165) is 5.69 Å². The van der Waals surface area contributed by atoms with Crippen molar-refractivity contribution in [2.24, 2.45) is 5.92 Å². The predicted molar refractivity (Wildman–Crippen MR) is 99.0 cm³/mol. The first-order valence-electron chi connectivity index (χ1n) is 8.94. The van der Waals surface area contributed by atoms with Crippen LogP contribution < -0.4 is 10.2 Å². The zero-order valence-electron chi connectivity index (χ0n) is 15.5. The van der Waals surface area contributed by atoms with Gasteiger partial charge < -0.3 is 10.2 Å². The quantitative estimate of drug-likeness (QED) is 0.739. The molecule has 144 valence electrons. The maximum absolute atomic E-state index is 13.8. The van der Waals surface area contributed by atoms with Crippen LogP contribution in [0.15, 0.2) is 30.3 Å². The maximum atomic E-state index is 13.8. The van der Waals surface area contributed by atoms with Gasteiger partial charge in [0, 0.05) is 18.7 Å². The van der Waals surface area contributed by atoms with Crippen molar-refractivity contribution >= 4 is 23.1 Å². The molecule has 9 heteroatoms. The van der Waals surface area contributed by atoms with E-state index in [1.165, 1.54) is 11.0 Å². The van der Waals surface area contributed by atoms with Crippen LogP contribution in [-0.2, 0) is 16.1 Å². The number of hydrogen-bond acceptors (Lipinski definition) is 5. The molecule has 1 aliphatic rings. The van der Waals surface area contributed by atoms with Crippen LogP contribution in [-0.4, -0.2) is 38.2 Å². The topological polar surface area (TPSA) is 92.5 Å². The zero-order chi connectivity index (χ0) is 19.8. The number of nitrogens with zero attached hydrogens (tertiary/aromatic N) is 5. The molecule has 2 amide bonds. The van der Waals surface area contributed by atoms with E-state index in [2.05, 4.69) is 20.6 Å². The normalized spacial score (nSPS) is 16.8. The van der Waals surface area contributed by atoms with E-state index in [1.54, 1.807) is 29.6 Å². The van der Waals surface area contributed by atoms with Gasteiger partial charge in [0.2, 0.25) is 11.8 Å². The lowest BCUT2D eigenvalue weighted by Crippen LogP contribution is -2.33. The highest BCUT2D eigenvalue weighted by Gasteiger charge is 2.35. The van der Waals surface area contributed by atoms with E-state index in [-0.39, 0.29) is 37.1 Å². The smallest absolute Gasteiger partial charge is 0.227 e. The molecule has 0 aliphatic carbocycles. The average Bonchev–Trinajstić information content (AvgIpc) is 3.25. The van der Waals surface area contributed by atoms with Crippen molar-refractivity contribution in [1.29, 1.82) is 0 Å². The SMILES string of the molecule is Cc1ccc2nnc(CNC(=O)C3CC(=O)N(c4ccc(C)c(F)c4)C3)n2n1. The molecule has 3 heterocycles. The molecule has 1 aliphatic heterocycles. The largest absolute Gasteiger partial charge is 0.348 e. The summed E-state index contributed by atoms with van der Waals surface area (Å²) in [6, 6.07) is 8.27. The van der Waals surface area contributed by atoms with Crippen molar-refractivity contribution in [3.8, 4) is 0 Å². The summed E-state index contributed by atoms with van der Waals surface area (Å²) >= 11 is 0. The number of amides is 2. The zero-order valence-corrected chi connectivity index (χ0v) is 15.5. The van der Waals surface area contributed by atoms with Crippen LogP contribution in [0.2, 0.25) is 0 Å². The lowest BCUT2D eigenvalue weighted by molar-refractivity contribution is -0.126. The fourth-order valence-corrected chi connectivity index (χ4v) is 3.23. The minimum absolute atomic E-state index is 0.0826. The van der Waals surface area contributed by atoms with E-state index in [1.807, 2.05) is 13.0 Å². The third-order valence-electron chi connectivity index (χ3n) is 4.84. The van der Waals surface area contributed by atoms with Crippen LogP contribution in [0, 0.1) is 25.6 Å². The van der Waals surface area contributed by atoms with Crippen molar-refractivity contribution in [1.82, 2.24) is 25.1 Å². The fourth-order valence-electron chi connectivity index (χ4n) is 3.23. The lowest BCUT2D eigenvalue weighted by Gasteiger charge is -2.17. The third-order valence-corrected chi connectivity index (χ3v) is 4.84. The van der Waals surface area contributed by atoms with E-state index in [4.69, 9.17) is 0 Å². The number of rotatable bonds is 4. The van der Waals surface area contributed by atoms with Crippen molar-refractivity contribution in [3.63, 3.8) is 0 Å². The number of benzene rings is 1. The number of aryl methyl sites for hydroxylation is 2. The molecule has 1 fully saturated rings. The van der Waals surface area contributed by atoms with Crippen LogP contribution in [0.3, 0.4) is 0 Å². The number of carbonyl (C=O) groups excluding carboxylic acids is 2. The summed E-state index contributed by atoms with van der Waals surface area (Å²) in [4.78, 5) is 26.3. The molecule has 1 saturated heterocycles. The van der Waals surface area contributed by atoms with E-state index in [0.29, 0.717) is 22.7 Å². The molecule has 3 aromatic rings. The molecule has 4 rings (SSSR count). The summed E-state index contributed by atoms with van der Waals surface area (Å²) in [5.41, 5.74) is 2.38. The van der Waals surface area contributed by atoms with Gasteiger partial charge in [-0.15, -0.1) is 10.2 Å². The number of nitrogens with one attached hydrogen (secondary N) is 1. The van der Waals surface area contributed by atoms with Crippen molar-refractivity contribution in [3.05, 3.63) is 53.2 Å². The maximum Gasteiger partial charge on any atom is 0.227 e. The van der Waals surface area contributed by atoms with Crippen LogP contribution in [0.25, 0.3) is 5.65 Å². The van der Waals surface area contributed by atoms with Gasteiger partial charge >= 0.3 is 0 Å². The second kappa shape index (κ2) is 6.99. The van der Waals surface area contributed by atoms with Crippen LogP contribution in [0.1, 0.15) is 23.5 Å². The molecule has 0 spiro atoms. The minimum atomic E-state index is -0.509. The Kier molecular flexibility index (Phi) is 4.50. The molecule has 0 radical (unpaired) electrons. The first-order valence-corrected chi connectivity index (χ1v) is 8.94. The second-order valence-electron chi connectivity index (χ2n) is 6.92. The molecule has 2 aromatic heterocycles. The molecule has 8 nitrogen and oxygen atoms in total. The summed E-state index contributed by atoms with van der Waals surface area (Å²) in [7, 11) is 0. The molecule has 0 bridgehead atoms. The summed E-state index contributed by atoms with van der Waals surface area (Å²) in [6.45, 7) is 3.88. The minimum Gasteiger partial charge on any atom is -0.348 e.